The van der Waals surface area contributed by atoms with Gasteiger partial charge in [-0.3, -0.25) is 4.79 Å². The Morgan fingerprint density at radius 1 is 1.26 bits per heavy atom. The van der Waals surface area contributed by atoms with Crippen LogP contribution < -0.4 is 5.32 Å². The van der Waals surface area contributed by atoms with E-state index in [0.717, 1.165) is 0 Å². The van der Waals surface area contributed by atoms with Crippen molar-refractivity contribution in [3.63, 3.8) is 0 Å². The van der Waals surface area contributed by atoms with E-state index in [2.05, 4.69) is 10.1 Å². The summed E-state index contributed by atoms with van der Waals surface area (Å²) in [7, 11) is 1.21. The zero-order valence-corrected chi connectivity index (χ0v) is 11.9. The first-order chi connectivity index (χ1) is 8.77. The van der Waals surface area contributed by atoms with Gasteiger partial charge in [0.25, 0.3) is 0 Å². The van der Waals surface area contributed by atoms with Crippen molar-refractivity contribution in [2.45, 2.75) is 52.2 Å². The molecule has 0 aromatic rings. The molecule has 0 spiro atoms. The number of hydrogen-bond acceptors (Lipinski definition) is 5. The number of ketones is 1. The molecule has 0 aliphatic heterocycles. The van der Waals surface area contributed by atoms with E-state index in [0.29, 0.717) is 6.42 Å². The third-order valence-corrected chi connectivity index (χ3v) is 2.58. The van der Waals surface area contributed by atoms with Gasteiger partial charge in [0.1, 0.15) is 17.9 Å². The molecule has 6 heteroatoms. The number of carbonyl (C=O) groups is 3. The Kier molecular flexibility index (Phi) is 7.98. The summed E-state index contributed by atoms with van der Waals surface area (Å²) in [5, 5.41) is 12.1. The lowest BCUT2D eigenvalue weighted by atomic mass is 10.0. The van der Waals surface area contributed by atoms with Crippen LogP contribution in [0.5, 0.6) is 0 Å². The zero-order chi connectivity index (χ0) is 15.0. The summed E-state index contributed by atoms with van der Waals surface area (Å²) in [6.07, 6.45) is -0.515. The summed E-state index contributed by atoms with van der Waals surface area (Å²) in [4.78, 5) is 34.1. The van der Waals surface area contributed by atoms with E-state index in [9.17, 15) is 19.5 Å². The predicted octanol–water partition coefficient (Wildman–Crippen LogP) is 0.420. The van der Waals surface area contributed by atoms with E-state index in [1.165, 1.54) is 14.0 Å². The monoisotopic (exact) mass is 273 g/mol. The lowest BCUT2D eigenvalue weighted by Gasteiger charge is -2.19. The molecule has 6 nitrogen and oxygen atoms in total. The first-order valence-corrected chi connectivity index (χ1v) is 6.33. The van der Waals surface area contributed by atoms with Crippen molar-refractivity contribution in [3.05, 3.63) is 0 Å². The third-order valence-electron chi connectivity index (χ3n) is 2.58. The molecule has 0 aromatic heterocycles. The second-order valence-electron chi connectivity index (χ2n) is 4.97. The molecule has 2 N–H and O–H groups in total. The minimum absolute atomic E-state index is 0.0779. The van der Waals surface area contributed by atoms with Crippen LogP contribution in [0.3, 0.4) is 0 Å². The highest BCUT2D eigenvalue weighted by atomic mass is 16.5. The number of esters is 1. The Morgan fingerprint density at radius 2 is 1.84 bits per heavy atom. The van der Waals surface area contributed by atoms with Crippen LogP contribution in [-0.4, -0.2) is 42.0 Å². The number of Topliss-reactive ketones (excluding diaryl/α,β-unsaturated/α-hetero) is 1. The summed E-state index contributed by atoms with van der Waals surface area (Å²) in [6.45, 7) is 5.16. The quantitative estimate of drug-likeness (QED) is 0.625. The van der Waals surface area contributed by atoms with Gasteiger partial charge in [0.2, 0.25) is 5.91 Å². The van der Waals surface area contributed by atoms with Crippen LogP contribution in [0, 0.1) is 5.92 Å². The fourth-order valence-corrected chi connectivity index (χ4v) is 1.56. The standard InChI is InChI=1S/C13H23NO5/c1-8(2)7-11(16)12(17)14-10(13(18)19-4)6-5-9(3)15/h8,10-11,16H,5-7H2,1-4H3,(H,14,17)/t10-,11-/m0/s1. The molecule has 0 aromatic carbocycles. The summed E-state index contributed by atoms with van der Waals surface area (Å²) >= 11 is 0. The largest absolute Gasteiger partial charge is 0.467 e. The highest BCUT2D eigenvalue weighted by Crippen LogP contribution is 2.06. The van der Waals surface area contributed by atoms with Gasteiger partial charge >= 0.3 is 5.97 Å². The molecule has 0 unspecified atom stereocenters. The van der Waals surface area contributed by atoms with E-state index < -0.39 is 24.0 Å². The minimum atomic E-state index is -1.16. The molecule has 0 aliphatic carbocycles. The number of rotatable bonds is 8. The van der Waals surface area contributed by atoms with Gasteiger partial charge in [-0.2, -0.15) is 0 Å². The van der Waals surface area contributed by atoms with Crippen molar-refractivity contribution in [1.29, 1.82) is 0 Å². The van der Waals surface area contributed by atoms with Crippen LogP contribution in [0.15, 0.2) is 0 Å². The molecule has 1 amide bonds. The lowest BCUT2D eigenvalue weighted by molar-refractivity contribution is -0.146. The highest BCUT2D eigenvalue weighted by molar-refractivity contribution is 5.87. The Morgan fingerprint density at radius 3 is 2.26 bits per heavy atom. The Hall–Kier alpha value is -1.43. The Labute approximate surface area is 113 Å². The average molecular weight is 273 g/mol. The van der Waals surface area contributed by atoms with Gasteiger partial charge in [0.15, 0.2) is 0 Å². The van der Waals surface area contributed by atoms with Crippen molar-refractivity contribution >= 4 is 17.7 Å². The molecule has 0 rings (SSSR count). The maximum atomic E-state index is 11.7. The number of methoxy groups -OCH3 is 1. The number of aliphatic hydroxyl groups is 1. The third kappa shape index (κ3) is 7.56. The summed E-state index contributed by atoms with van der Waals surface area (Å²) < 4.78 is 4.56. The second kappa shape index (κ2) is 8.63. The first kappa shape index (κ1) is 17.6. The van der Waals surface area contributed by atoms with Crippen LogP contribution in [-0.2, 0) is 19.1 Å². The molecule has 0 bridgehead atoms. The van der Waals surface area contributed by atoms with Crippen molar-refractivity contribution in [3.8, 4) is 0 Å². The number of nitrogens with one attached hydrogen (secondary N) is 1. The Balaban J connectivity index is 4.49. The molecule has 19 heavy (non-hydrogen) atoms. The number of aliphatic hydroxyl groups excluding tert-OH is 1. The molecular formula is C13H23NO5. The van der Waals surface area contributed by atoms with Gasteiger partial charge in [-0.15, -0.1) is 0 Å². The van der Waals surface area contributed by atoms with Gasteiger partial charge in [-0.05, 0) is 25.7 Å². The number of carbonyl (C=O) groups excluding carboxylic acids is 3. The number of ether oxygens (including phenoxy) is 1. The van der Waals surface area contributed by atoms with Crippen molar-refractivity contribution in [2.75, 3.05) is 7.11 Å². The van der Waals surface area contributed by atoms with Gasteiger partial charge in [-0.1, -0.05) is 13.8 Å². The highest BCUT2D eigenvalue weighted by Gasteiger charge is 2.25. The van der Waals surface area contributed by atoms with E-state index in [-0.39, 0.29) is 24.5 Å². The number of amides is 1. The molecule has 110 valence electrons. The smallest absolute Gasteiger partial charge is 0.328 e. The van der Waals surface area contributed by atoms with Crippen LogP contribution in [0.2, 0.25) is 0 Å². The Bertz CT molecular complexity index is 327. The first-order valence-electron chi connectivity index (χ1n) is 6.33. The normalized spacial score (nSPS) is 13.8. The number of hydrogen-bond donors (Lipinski definition) is 2. The fourth-order valence-electron chi connectivity index (χ4n) is 1.56. The predicted molar refractivity (Wildman–Crippen MR) is 69.3 cm³/mol. The summed E-state index contributed by atoms with van der Waals surface area (Å²) in [5.74, 6) is -1.15. The molecule has 2 atom stereocenters. The van der Waals surface area contributed by atoms with Crippen LogP contribution in [0.4, 0.5) is 0 Å². The molecular weight excluding hydrogens is 250 g/mol. The molecule has 0 aliphatic rings. The molecule has 0 radical (unpaired) electrons. The maximum Gasteiger partial charge on any atom is 0.328 e. The van der Waals surface area contributed by atoms with Crippen molar-refractivity contribution in [2.24, 2.45) is 5.92 Å². The lowest BCUT2D eigenvalue weighted by Crippen LogP contribution is -2.46. The van der Waals surface area contributed by atoms with E-state index >= 15 is 0 Å². The molecule has 0 saturated carbocycles. The van der Waals surface area contributed by atoms with Gasteiger partial charge in [0, 0.05) is 6.42 Å². The van der Waals surface area contributed by atoms with Crippen LogP contribution >= 0.6 is 0 Å². The second-order valence-corrected chi connectivity index (χ2v) is 4.97. The van der Waals surface area contributed by atoms with E-state index in [1.807, 2.05) is 13.8 Å². The topological polar surface area (TPSA) is 92.7 Å². The van der Waals surface area contributed by atoms with E-state index in [4.69, 9.17) is 0 Å². The SMILES string of the molecule is COC(=O)[C@H](CCC(C)=O)NC(=O)[C@@H](O)CC(C)C. The zero-order valence-electron chi connectivity index (χ0n) is 11.9. The van der Waals surface area contributed by atoms with E-state index in [1.54, 1.807) is 0 Å². The molecule has 0 saturated heterocycles. The summed E-state index contributed by atoms with van der Waals surface area (Å²) in [6, 6.07) is -0.900. The fraction of sp³-hybridized carbons (Fsp3) is 0.769. The minimum Gasteiger partial charge on any atom is -0.467 e. The van der Waals surface area contributed by atoms with Crippen molar-refractivity contribution in [1.82, 2.24) is 5.32 Å². The summed E-state index contributed by atoms with van der Waals surface area (Å²) in [5.41, 5.74) is 0. The van der Waals surface area contributed by atoms with Crippen LogP contribution in [0.25, 0.3) is 0 Å². The van der Waals surface area contributed by atoms with Crippen LogP contribution in [0.1, 0.15) is 40.0 Å². The molecule has 0 heterocycles. The van der Waals surface area contributed by atoms with Gasteiger partial charge < -0.3 is 20.0 Å². The average Bonchev–Trinajstić information content (AvgIpc) is 2.31. The maximum absolute atomic E-state index is 11.7. The van der Waals surface area contributed by atoms with Gasteiger partial charge in [0.05, 0.1) is 7.11 Å². The van der Waals surface area contributed by atoms with Crippen molar-refractivity contribution < 1.29 is 24.2 Å². The van der Waals surface area contributed by atoms with Gasteiger partial charge in [-0.25, -0.2) is 4.79 Å². The molecule has 0 fully saturated rings.